The van der Waals surface area contributed by atoms with E-state index < -0.39 is 0 Å². The summed E-state index contributed by atoms with van der Waals surface area (Å²) in [7, 11) is 0. The summed E-state index contributed by atoms with van der Waals surface area (Å²) in [5, 5.41) is 3.67. The maximum Gasteiger partial charge on any atom is 0.0631 e. The van der Waals surface area contributed by atoms with Gasteiger partial charge in [0.15, 0.2) is 0 Å². The van der Waals surface area contributed by atoms with Crippen LogP contribution in [-0.2, 0) is 0 Å². The molecule has 0 aromatic heterocycles. The van der Waals surface area contributed by atoms with Crippen molar-refractivity contribution in [1.29, 1.82) is 0 Å². The maximum absolute atomic E-state index is 3.67. The molecule has 18 heavy (non-hydrogen) atoms. The van der Waals surface area contributed by atoms with Gasteiger partial charge in [-0.15, -0.1) is 0 Å². The molecule has 1 nitrogen and oxygen atoms in total. The van der Waals surface area contributed by atoms with Gasteiger partial charge in [-0.2, -0.15) is 0 Å². The van der Waals surface area contributed by atoms with E-state index in [4.69, 9.17) is 0 Å². The van der Waals surface area contributed by atoms with Crippen LogP contribution in [0, 0.1) is 5.41 Å². The molecule has 0 amide bonds. The molecule has 0 bridgehead atoms. The summed E-state index contributed by atoms with van der Waals surface area (Å²) in [6, 6.07) is 4.76. The molecule has 1 aromatic carbocycles. The predicted molar refractivity (Wildman–Crippen MR) is 89.2 cm³/mol. The zero-order valence-electron chi connectivity index (χ0n) is 10.7. The molecule has 1 N–H and O–H groups in total. The second-order valence-corrected chi connectivity index (χ2v) is 8.45. The van der Waals surface area contributed by atoms with Crippen molar-refractivity contribution in [3.63, 3.8) is 0 Å². The third kappa shape index (κ3) is 3.73. The molecule has 0 radical (unpaired) electrons. The van der Waals surface area contributed by atoms with Gasteiger partial charge in [0, 0.05) is 19.5 Å². The van der Waals surface area contributed by atoms with Crippen LogP contribution in [-0.4, -0.2) is 6.04 Å². The molecule has 100 valence electrons. The molecule has 1 aliphatic rings. The van der Waals surface area contributed by atoms with Crippen molar-refractivity contribution >= 4 is 53.5 Å². The lowest BCUT2D eigenvalue weighted by Crippen LogP contribution is -2.30. The Morgan fingerprint density at radius 2 is 1.56 bits per heavy atom. The molecule has 2 rings (SSSR count). The summed E-state index contributed by atoms with van der Waals surface area (Å²) in [4.78, 5) is 0. The van der Waals surface area contributed by atoms with Crippen LogP contribution in [0.3, 0.4) is 0 Å². The minimum Gasteiger partial charge on any atom is -0.380 e. The summed E-state index contributed by atoms with van der Waals surface area (Å²) in [6.07, 6.45) is 5.11. The summed E-state index contributed by atoms with van der Waals surface area (Å²) in [5.41, 5.74) is 1.69. The number of hydrogen-bond acceptors (Lipinski definition) is 1. The molecule has 0 saturated heterocycles. The average molecular weight is 440 g/mol. The summed E-state index contributed by atoms with van der Waals surface area (Å²) in [6.45, 7) is 4.74. The minimum absolute atomic E-state index is 0.520. The Labute approximate surface area is 134 Å². The van der Waals surface area contributed by atoms with Crippen LogP contribution in [0.25, 0.3) is 0 Å². The largest absolute Gasteiger partial charge is 0.380 e. The van der Waals surface area contributed by atoms with Crippen molar-refractivity contribution in [2.75, 3.05) is 5.32 Å². The Kier molecular flexibility index (Phi) is 4.82. The van der Waals surface area contributed by atoms with Crippen LogP contribution in [0.4, 0.5) is 5.69 Å². The van der Waals surface area contributed by atoms with E-state index >= 15 is 0 Å². The van der Waals surface area contributed by atoms with Gasteiger partial charge in [0.2, 0.25) is 0 Å². The van der Waals surface area contributed by atoms with Crippen molar-refractivity contribution in [2.45, 2.75) is 45.6 Å². The Hall–Kier alpha value is 0.460. The van der Waals surface area contributed by atoms with E-state index in [0.29, 0.717) is 11.5 Å². The molecule has 1 saturated carbocycles. The molecule has 0 aliphatic heterocycles. The van der Waals surface area contributed by atoms with Gasteiger partial charge in [-0.05, 0) is 75.1 Å². The van der Waals surface area contributed by atoms with Crippen LogP contribution < -0.4 is 5.32 Å². The molecular formula is C14H18Br3N. The fourth-order valence-electron chi connectivity index (χ4n) is 2.43. The van der Waals surface area contributed by atoms with Crippen LogP contribution in [0.2, 0.25) is 0 Å². The van der Waals surface area contributed by atoms with Crippen LogP contribution in [0.1, 0.15) is 39.5 Å². The number of rotatable bonds is 2. The molecule has 4 heteroatoms. The lowest BCUT2D eigenvalue weighted by molar-refractivity contribution is 0.232. The maximum atomic E-state index is 3.67. The lowest BCUT2D eigenvalue weighted by atomic mass is 9.75. The Morgan fingerprint density at radius 1 is 1.06 bits per heavy atom. The van der Waals surface area contributed by atoms with E-state index in [-0.39, 0.29) is 0 Å². The quantitative estimate of drug-likeness (QED) is 0.565. The van der Waals surface area contributed by atoms with E-state index in [1.807, 2.05) is 0 Å². The Bertz CT molecular complexity index is 410. The summed E-state index contributed by atoms with van der Waals surface area (Å²) >= 11 is 10.7. The Morgan fingerprint density at radius 3 is 2.06 bits per heavy atom. The molecule has 1 aliphatic carbocycles. The molecule has 0 unspecified atom stereocenters. The first-order valence-corrected chi connectivity index (χ1v) is 8.66. The van der Waals surface area contributed by atoms with Crippen LogP contribution in [0.5, 0.6) is 0 Å². The van der Waals surface area contributed by atoms with E-state index in [1.165, 1.54) is 31.4 Å². The number of halogens is 3. The standard InChI is InChI=1S/C14H18Br3N/c1-14(2)5-3-10(4-6-14)18-13-11(16)7-9(15)8-12(13)17/h7-8,10,18H,3-6H2,1-2H3. The third-order valence-corrected chi connectivity index (χ3v) is 5.40. The lowest BCUT2D eigenvalue weighted by Gasteiger charge is -2.35. The average Bonchev–Trinajstić information content (AvgIpc) is 2.25. The second-order valence-electron chi connectivity index (χ2n) is 5.83. The molecule has 0 spiro atoms. The van der Waals surface area contributed by atoms with E-state index in [9.17, 15) is 0 Å². The molecule has 1 fully saturated rings. The highest BCUT2D eigenvalue weighted by atomic mass is 79.9. The van der Waals surface area contributed by atoms with Gasteiger partial charge in [0.1, 0.15) is 0 Å². The van der Waals surface area contributed by atoms with Gasteiger partial charge in [0.05, 0.1) is 5.69 Å². The van der Waals surface area contributed by atoms with Crippen molar-refractivity contribution < 1.29 is 0 Å². The van der Waals surface area contributed by atoms with E-state index in [0.717, 1.165) is 13.4 Å². The minimum atomic E-state index is 0.520. The van der Waals surface area contributed by atoms with Gasteiger partial charge in [0.25, 0.3) is 0 Å². The van der Waals surface area contributed by atoms with Gasteiger partial charge >= 0.3 is 0 Å². The highest BCUT2D eigenvalue weighted by molar-refractivity contribution is 9.11. The molecular weight excluding hydrogens is 422 g/mol. The van der Waals surface area contributed by atoms with Gasteiger partial charge in [-0.1, -0.05) is 29.8 Å². The van der Waals surface area contributed by atoms with Crippen molar-refractivity contribution in [3.8, 4) is 0 Å². The third-order valence-electron chi connectivity index (χ3n) is 3.69. The van der Waals surface area contributed by atoms with Gasteiger partial charge < -0.3 is 5.32 Å². The molecule has 0 heterocycles. The molecule has 0 atom stereocenters. The van der Waals surface area contributed by atoms with E-state index in [2.05, 4.69) is 79.1 Å². The second kappa shape index (κ2) is 5.84. The normalized spacial score (nSPS) is 19.8. The van der Waals surface area contributed by atoms with Crippen molar-refractivity contribution in [3.05, 3.63) is 25.6 Å². The topological polar surface area (TPSA) is 12.0 Å². The SMILES string of the molecule is CC1(C)CCC(Nc2c(Br)cc(Br)cc2Br)CC1. The van der Waals surface area contributed by atoms with E-state index in [1.54, 1.807) is 0 Å². The molecule has 1 aromatic rings. The zero-order chi connectivity index (χ0) is 13.3. The van der Waals surface area contributed by atoms with Crippen LogP contribution in [0.15, 0.2) is 25.6 Å². The number of anilines is 1. The smallest absolute Gasteiger partial charge is 0.0631 e. The first-order chi connectivity index (χ1) is 8.37. The first-order valence-electron chi connectivity index (χ1n) is 6.28. The van der Waals surface area contributed by atoms with Crippen molar-refractivity contribution in [2.24, 2.45) is 5.41 Å². The fraction of sp³-hybridized carbons (Fsp3) is 0.571. The highest BCUT2D eigenvalue weighted by Crippen LogP contribution is 2.39. The summed E-state index contributed by atoms with van der Waals surface area (Å²) in [5.74, 6) is 0. The fourth-order valence-corrected chi connectivity index (χ4v) is 4.92. The van der Waals surface area contributed by atoms with Crippen molar-refractivity contribution in [1.82, 2.24) is 0 Å². The summed E-state index contributed by atoms with van der Waals surface area (Å²) < 4.78 is 3.29. The number of benzene rings is 1. The Balaban J connectivity index is 2.07. The predicted octanol–water partition coefficient (Wildman–Crippen LogP) is 6.35. The van der Waals surface area contributed by atoms with Gasteiger partial charge in [-0.25, -0.2) is 0 Å². The highest BCUT2D eigenvalue weighted by Gasteiger charge is 2.27. The van der Waals surface area contributed by atoms with Crippen LogP contribution >= 0.6 is 47.8 Å². The number of nitrogens with one attached hydrogen (secondary N) is 1. The van der Waals surface area contributed by atoms with Gasteiger partial charge in [-0.3, -0.25) is 0 Å². The number of hydrogen-bond donors (Lipinski definition) is 1. The first kappa shape index (κ1) is 14.9. The monoisotopic (exact) mass is 437 g/mol. The zero-order valence-corrected chi connectivity index (χ0v) is 15.5.